The lowest BCUT2D eigenvalue weighted by atomic mass is 9.89. The van der Waals surface area contributed by atoms with E-state index in [1.54, 1.807) is 0 Å². The van der Waals surface area contributed by atoms with Crippen molar-refractivity contribution in [2.75, 3.05) is 19.8 Å². The smallest absolute Gasteiger partial charge is 0.0747 e. The van der Waals surface area contributed by atoms with Crippen LogP contribution in [0.5, 0.6) is 0 Å². The van der Waals surface area contributed by atoms with Gasteiger partial charge in [-0.05, 0) is 49.6 Å². The van der Waals surface area contributed by atoms with E-state index < -0.39 is 0 Å². The van der Waals surface area contributed by atoms with Crippen molar-refractivity contribution in [2.45, 2.75) is 38.0 Å². The molecule has 2 saturated heterocycles. The lowest BCUT2D eigenvalue weighted by molar-refractivity contribution is -0.0635. The molecule has 4 rings (SSSR count). The SMILES string of the molecule is O[C@@H]1CCOC[C@H]1[C@@H]1CCCN1Cc1cc(Cl)cc2cccnc12. The van der Waals surface area contributed by atoms with Crippen molar-refractivity contribution in [3.63, 3.8) is 0 Å². The largest absolute Gasteiger partial charge is 0.393 e. The van der Waals surface area contributed by atoms with E-state index >= 15 is 0 Å². The van der Waals surface area contributed by atoms with E-state index in [0.717, 1.165) is 47.4 Å². The maximum Gasteiger partial charge on any atom is 0.0747 e. The summed E-state index contributed by atoms with van der Waals surface area (Å²) >= 11 is 6.31. The van der Waals surface area contributed by atoms with E-state index in [0.29, 0.717) is 19.3 Å². The second-order valence-electron chi connectivity index (χ2n) is 6.91. The molecule has 0 amide bonds. The molecule has 0 unspecified atom stereocenters. The lowest BCUT2D eigenvalue weighted by Crippen LogP contribution is -2.45. The van der Waals surface area contributed by atoms with E-state index in [-0.39, 0.29) is 12.0 Å². The van der Waals surface area contributed by atoms with Gasteiger partial charge in [-0.3, -0.25) is 9.88 Å². The predicted molar refractivity (Wildman–Crippen MR) is 95.1 cm³/mol. The highest BCUT2D eigenvalue weighted by Crippen LogP contribution is 2.32. The van der Waals surface area contributed by atoms with E-state index in [1.807, 2.05) is 24.4 Å². The number of nitrogens with zero attached hydrogens (tertiary/aromatic N) is 2. The van der Waals surface area contributed by atoms with Crippen LogP contribution >= 0.6 is 11.6 Å². The number of hydrogen-bond donors (Lipinski definition) is 1. The van der Waals surface area contributed by atoms with Crippen molar-refractivity contribution in [2.24, 2.45) is 5.92 Å². The molecule has 2 aromatic rings. The Morgan fingerprint density at radius 3 is 3.12 bits per heavy atom. The molecule has 5 heteroatoms. The predicted octanol–water partition coefficient (Wildman–Crippen LogP) is 3.25. The second-order valence-corrected chi connectivity index (χ2v) is 7.35. The standard InChI is InChI=1S/C19H23ClN2O2/c20-15-9-13-3-1-6-21-19(13)14(10-15)11-22-7-2-4-17(22)16-12-24-8-5-18(16)23/h1,3,6,9-10,16-18,23H,2,4-5,7-8,11-12H2/t16-,17-,18+/m0/s1. The fraction of sp³-hybridized carbons (Fsp3) is 0.526. The number of likely N-dealkylation sites (tertiary alicyclic amines) is 1. The highest BCUT2D eigenvalue weighted by atomic mass is 35.5. The number of rotatable bonds is 3. The lowest BCUT2D eigenvalue weighted by Gasteiger charge is -2.37. The zero-order valence-electron chi connectivity index (χ0n) is 13.7. The van der Waals surface area contributed by atoms with Gasteiger partial charge in [0.25, 0.3) is 0 Å². The molecule has 3 heterocycles. The van der Waals surface area contributed by atoms with E-state index in [9.17, 15) is 5.11 Å². The van der Waals surface area contributed by atoms with E-state index in [2.05, 4.69) is 16.0 Å². The molecule has 2 aliphatic heterocycles. The van der Waals surface area contributed by atoms with Gasteiger partial charge in [-0.25, -0.2) is 0 Å². The summed E-state index contributed by atoms with van der Waals surface area (Å²) in [5, 5.41) is 12.2. The van der Waals surface area contributed by atoms with Gasteiger partial charge in [0.15, 0.2) is 0 Å². The average Bonchev–Trinajstić information content (AvgIpc) is 3.03. The van der Waals surface area contributed by atoms with Crippen LogP contribution in [0.25, 0.3) is 10.9 Å². The minimum atomic E-state index is -0.251. The number of aliphatic hydroxyl groups excluding tert-OH is 1. The molecule has 24 heavy (non-hydrogen) atoms. The monoisotopic (exact) mass is 346 g/mol. The van der Waals surface area contributed by atoms with Crippen LogP contribution in [0.1, 0.15) is 24.8 Å². The fourth-order valence-corrected chi connectivity index (χ4v) is 4.47. The number of fused-ring (bicyclic) bond motifs is 1. The van der Waals surface area contributed by atoms with Crippen LogP contribution in [0.15, 0.2) is 30.5 Å². The topological polar surface area (TPSA) is 45.6 Å². The Morgan fingerprint density at radius 2 is 2.25 bits per heavy atom. The van der Waals surface area contributed by atoms with Gasteiger partial charge in [-0.1, -0.05) is 17.7 Å². The summed E-state index contributed by atoms with van der Waals surface area (Å²) in [6.07, 6.45) is 4.62. The minimum absolute atomic E-state index is 0.208. The molecular weight excluding hydrogens is 324 g/mol. The number of benzene rings is 1. The normalized spacial score (nSPS) is 28.5. The summed E-state index contributed by atoms with van der Waals surface area (Å²) < 4.78 is 5.63. The van der Waals surface area contributed by atoms with Gasteiger partial charge in [0.2, 0.25) is 0 Å². The maximum absolute atomic E-state index is 10.4. The van der Waals surface area contributed by atoms with Gasteiger partial charge in [0, 0.05) is 41.7 Å². The third-order valence-corrected chi connectivity index (χ3v) is 5.61. The summed E-state index contributed by atoms with van der Waals surface area (Å²) in [6.45, 7) is 3.21. The molecule has 4 nitrogen and oxygen atoms in total. The summed E-state index contributed by atoms with van der Waals surface area (Å²) in [4.78, 5) is 7.03. The van der Waals surface area contributed by atoms with E-state index in [4.69, 9.17) is 16.3 Å². The van der Waals surface area contributed by atoms with Gasteiger partial charge >= 0.3 is 0 Å². The Morgan fingerprint density at radius 1 is 1.33 bits per heavy atom. The Labute approximate surface area is 147 Å². The Balaban J connectivity index is 1.60. The number of halogens is 1. The minimum Gasteiger partial charge on any atom is -0.393 e. The first kappa shape index (κ1) is 16.3. The van der Waals surface area contributed by atoms with Crippen molar-refractivity contribution in [1.82, 2.24) is 9.88 Å². The van der Waals surface area contributed by atoms with E-state index in [1.165, 1.54) is 6.42 Å². The summed E-state index contributed by atoms with van der Waals surface area (Å²) in [5.41, 5.74) is 2.18. The highest BCUT2D eigenvalue weighted by molar-refractivity contribution is 6.31. The number of aliphatic hydroxyl groups is 1. The molecule has 3 atom stereocenters. The van der Waals surface area contributed by atoms with Crippen LogP contribution in [-0.4, -0.2) is 46.9 Å². The molecule has 0 radical (unpaired) electrons. The molecule has 2 aliphatic rings. The average molecular weight is 347 g/mol. The number of pyridine rings is 1. The number of ether oxygens (including phenoxy) is 1. The van der Waals surface area contributed by atoms with Crippen LogP contribution in [-0.2, 0) is 11.3 Å². The van der Waals surface area contributed by atoms with Crippen LogP contribution in [0.3, 0.4) is 0 Å². The molecule has 2 fully saturated rings. The fourth-order valence-electron chi connectivity index (χ4n) is 4.22. The zero-order chi connectivity index (χ0) is 16.5. The van der Waals surface area contributed by atoms with Crippen LogP contribution < -0.4 is 0 Å². The van der Waals surface area contributed by atoms with Crippen molar-refractivity contribution >= 4 is 22.5 Å². The number of hydrogen-bond acceptors (Lipinski definition) is 4. The summed E-state index contributed by atoms with van der Waals surface area (Å²) in [7, 11) is 0. The molecule has 1 aromatic carbocycles. The third-order valence-electron chi connectivity index (χ3n) is 5.39. The highest BCUT2D eigenvalue weighted by Gasteiger charge is 2.37. The molecule has 0 spiro atoms. The second kappa shape index (κ2) is 6.96. The summed E-state index contributed by atoms with van der Waals surface area (Å²) in [6, 6.07) is 8.36. The Hall–Kier alpha value is -1.20. The first-order valence-electron chi connectivity index (χ1n) is 8.75. The van der Waals surface area contributed by atoms with Crippen LogP contribution in [0.2, 0.25) is 5.02 Å². The maximum atomic E-state index is 10.4. The van der Waals surface area contributed by atoms with Crippen LogP contribution in [0, 0.1) is 5.92 Å². The van der Waals surface area contributed by atoms with Gasteiger partial charge in [0.05, 0.1) is 18.2 Å². The molecule has 0 aliphatic carbocycles. The van der Waals surface area contributed by atoms with Gasteiger partial charge < -0.3 is 9.84 Å². The van der Waals surface area contributed by atoms with Crippen LogP contribution in [0.4, 0.5) is 0 Å². The molecule has 1 aromatic heterocycles. The Bertz CT molecular complexity index is 724. The van der Waals surface area contributed by atoms with Crippen molar-refractivity contribution in [3.05, 3.63) is 41.0 Å². The molecular formula is C19H23ClN2O2. The van der Waals surface area contributed by atoms with Gasteiger partial charge in [-0.2, -0.15) is 0 Å². The molecule has 1 N–H and O–H groups in total. The van der Waals surface area contributed by atoms with Crippen molar-refractivity contribution < 1.29 is 9.84 Å². The zero-order valence-corrected chi connectivity index (χ0v) is 14.5. The quantitative estimate of drug-likeness (QED) is 0.926. The Kier molecular flexibility index (Phi) is 4.72. The third kappa shape index (κ3) is 3.16. The first-order valence-corrected chi connectivity index (χ1v) is 9.13. The summed E-state index contributed by atoms with van der Waals surface area (Å²) in [5.74, 6) is 0.208. The number of aromatic nitrogens is 1. The van der Waals surface area contributed by atoms with Crippen molar-refractivity contribution in [3.8, 4) is 0 Å². The first-order chi connectivity index (χ1) is 11.7. The molecule has 0 bridgehead atoms. The van der Waals surface area contributed by atoms with Crippen molar-refractivity contribution in [1.29, 1.82) is 0 Å². The van der Waals surface area contributed by atoms with Gasteiger partial charge in [-0.15, -0.1) is 0 Å². The molecule has 128 valence electrons. The molecule has 0 saturated carbocycles. The van der Waals surface area contributed by atoms with Gasteiger partial charge in [0.1, 0.15) is 0 Å².